The number of nitrogens with two attached hydrogens (primary N) is 1. The van der Waals surface area contributed by atoms with Gasteiger partial charge in [0, 0.05) is 33.4 Å². The van der Waals surface area contributed by atoms with E-state index in [1.807, 2.05) is 6.92 Å². The number of aliphatic hydroxyl groups is 1. The van der Waals surface area contributed by atoms with Gasteiger partial charge >= 0.3 is 0 Å². The van der Waals surface area contributed by atoms with E-state index in [0.29, 0.717) is 13.0 Å². The lowest BCUT2D eigenvalue weighted by atomic mass is 9.98. The van der Waals surface area contributed by atoms with Crippen molar-refractivity contribution in [3.05, 3.63) is 0 Å². The zero-order chi connectivity index (χ0) is 12.6. The zero-order valence-corrected chi connectivity index (χ0v) is 10.8. The number of methoxy groups -OCH3 is 2. The fourth-order valence-electron chi connectivity index (χ4n) is 1.84. The Morgan fingerprint density at radius 1 is 1.38 bits per heavy atom. The van der Waals surface area contributed by atoms with Crippen molar-refractivity contribution in [2.24, 2.45) is 5.73 Å². The van der Waals surface area contributed by atoms with Crippen molar-refractivity contribution < 1.29 is 14.6 Å². The van der Waals surface area contributed by atoms with Gasteiger partial charge in [0.15, 0.2) is 6.29 Å². The van der Waals surface area contributed by atoms with Gasteiger partial charge in [-0.3, -0.25) is 0 Å². The molecule has 2 atom stereocenters. The summed E-state index contributed by atoms with van der Waals surface area (Å²) in [6, 6.07) is 0.214. The number of rotatable bonds is 9. The molecule has 0 heterocycles. The Balaban J connectivity index is 4.54. The zero-order valence-electron chi connectivity index (χ0n) is 10.8. The monoisotopic (exact) mass is 234 g/mol. The summed E-state index contributed by atoms with van der Waals surface area (Å²) in [5, 5.41) is 12.4. The van der Waals surface area contributed by atoms with E-state index in [9.17, 15) is 0 Å². The van der Waals surface area contributed by atoms with Crippen LogP contribution in [0.3, 0.4) is 0 Å². The smallest absolute Gasteiger partial charge is 0.175 e. The lowest BCUT2D eigenvalue weighted by Crippen LogP contribution is -2.61. The molecular formula is C11H26N2O3. The summed E-state index contributed by atoms with van der Waals surface area (Å²) in [4.78, 5) is 0. The van der Waals surface area contributed by atoms with Crippen LogP contribution in [0.2, 0.25) is 0 Å². The van der Waals surface area contributed by atoms with E-state index in [2.05, 4.69) is 12.2 Å². The van der Waals surface area contributed by atoms with Crippen LogP contribution in [0.4, 0.5) is 0 Å². The quantitative estimate of drug-likeness (QED) is 0.492. The molecule has 4 N–H and O–H groups in total. The Morgan fingerprint density at radius 2 is 1.94 bits per heavy atom. The van der Waals surface area contributed by atoms with E-state index < -0.39 is 11.8 Å². The number of nitrogens with one attached hydrogen (secondary N) is 1. The van der Waals surface area contributed by atoms with Gasteiger partial charge in [-0.05, 0) is 19.8 Å². The van der Waals surface area contributed by atoms with E-state index in [-0.39, 0.29) is 12.6 Å². The maximum absolute atomic E-state index is 8.96. The predicted molar refractivity (Wildman–Crippen MR) is 64.2 cm³/mol. The first-order valence-corrected chi connectivity index (χ1v) is 5.72. The van der Waals surface area contributed by atoms with Gasteiger partial charge < -0.3 is 25.6 Å². The second-order valence-electron chi connectivity index (χ2n) is 4.19. The summed E-state index contributed by atoms with van der Waals surface area (Å²) < 4.78 is 10.5. The van der Waals surface area contributed by atoms with E-state index in [1.165, 1.54) is 0 Å². The molecule has 0 amide bonds. The summed E-state index contributed by atoms with van der Waals surface area (Å²) in [6.07, 6.45) is 1.23. The normalized spacial score (nSPS) is 17.4. The lowest BCUT2D eigenvalue weighted by molar-refractivity contribution is -0.151. The highest BCUT2D eigenvalue weighted by Gasteiger charge is 2.34. The highest BCUT2D eigenvalue weighted by Crippen LogP contribution is 2.15. The second-order valence-corrected chi connectivity index (χ2v) is 4.19. The number of ether oxygens (including phenoxy) is 2. The van der Waals surface area contributed by atoms with Crippen LogP contribution >= 0.6 is 0 Å². The molecule has 0 aliphatic rings. The van der Waals surface area contributed by atoms with Crippen LogP contribution in [0.1, 0.15) is 26.7 Å². The van der Waals surface area contributed by atoms with Gasteiger partial charge in [-0.25, -0.2) is 0 Å². The van der Waals surface area contributed by atoms with Gasteiger partial charge in [-0.1, -0.05) is 6.92 Å². The van der Waals surface area contributed by atoms with Crippen LogP contribution in [0, 0.1) is 0 Å². The molecular weight excluding hydrogens is 208 g/mol. The van der Waals surface area contributed by atoms with Crippen molar-refractivity contribution in [2.75, 3.05) is 27.4 Å². The fraction of sp³-hybridized carbons (Fsp3) is 1.00. The number of hydrogen-bond donors (Lipinski definition) is 3. The third kappa shape index (κ3) is 4.35. The molecule has 2 unspecified atom stereocenters. The first kappa shape index (κ1) is 15.8. The Labute approximate surface area is 98.3 Å². The van der Waals surface area contributed by atoms with E-state index in [0.717, 1.165) is 6.42 Å². The fourth-order valence-corrected chi connectivity index (χ4v) is 1.84. The van der Waals surface area contributed by atoms with Gasteiger partial charge in [0.2, 0.25) is 0 Å². The molecule has 0 saturated carbocycles. The summed E-state index contributed by atoms with van der Waals surface area (Å²) in [5.74, 6) is 0. The minimum Gasteiger partial charge on any atom is -0.396 e. The Bertz CT molecular complexity index is 177. The molecule has 0 spiro atoms. The van der Waals surface area contributed by atoms with Crippen molar-refractivity contribution in [2.45, 2.75) is 44.6 Å². The van der Waals surface area contributed by atoms with Gasteiger partial charge in [0.1, 0.15) is 0 Å². The molecule has 0 aromatic carbocycles. The van der Waals surface area contributed by atoms with Crippen molar-refractivity contribution >= 4 is 0 Å². The third-order valence-corrected chi connectivity index (χ3v) is 2.88. The predicted octanol–water partition coefficient (Wildman–Crippen LogP) is 0.0733. The Hall–Kier alpha value is -0.200. The molecule has 5 heteroatoms. The number of hydrogen-bond acceptors (Lipinski definition) is 5. The Kier molecular flexibility index (Phi) is 7.87. The molecule has 0 aliphatic carbocycles. The highest BCUT2D eigenvalue weighted by molar-refractivity contribution is 4.90. The van der Waals surface area contributed by atoms with Crippen LogP contribution < -0.4 is 11.1 Å². The molecule has 16 heavy (non-hydrogen) atoms. The molecule has 0 aromatic heterocycles. The first-order valence-electron chi connectivity index (χ1n) is 5.72. The summed E-state index contributed by atoms with van der Waals surface area (Å²) >= 11 is 0. The topological polar surface area (TPSA) is 76.7 Å². The molecule has 0 rings (SSSR count). The molecule has 5 nitrogen and oxygen atoms in total. The average molecular weight is 234 g/mol. The highest BCUT2D eigenvalue weighted by atomic mass is 16.7. The minimum absolute atomic E-state index is 0.163. The minimum atomic E-state index is -0.445. The van der Waals surface area contributed by atoms with Crippen LogP contribution in [-0.2, 0) is 9.47 Å². The first-order chi connectivity index (χ1) is 7.57. The van der Waals surface area contributed by atoms with Crippen molar-refractivity contribution in [1.29, 1.82) is 0 Å². The maximum atomic E-state index is 8.96. The van der Waals surface area contributed by atoms with Crippen molar-refractivity contribution in [3.63, 3.8) is 0 Å². The largest absolute Gasteiger partial charge is 0.396 e. The lowest BCUT2D eigenvalue weighted by Gasteiger charge is -2.38. The van der Waals surface area contributed by atoms with E-state index >= 15 is 0 Å². The molecule has 98 valence electrons. The molecule has 0 bridgehead atoms. The average Bonchev–Trinajstić information content (AvgIpc) is 2.30. The van der Waals surface area contributed by atoms with Gasteiger partial charge in [-0.15, -0.1) is 0 Å². The molecule has 0 aromatic rings. The second kappa shape index (κ2) is 7.97. The molecule has 0 radical (unpaired) electrons. The summed E-state index contributed by atoms with van der Waals surface area (Å²) in [5.41, 5.74) is 5.33. The van der Waals surface area contributed by atoms with Crippen molar-refractivity contribution in [1.82, 2.24) is 5.32 Å². The standard InChI is InChI=1S/C11H26N2O3/c1-5-9(6-7-14)13-11(2,8-12)10(15-3)16-4/h9-10,13-14H,5-8,12H2,1-4H3. The van der Waals surface area contributed by atoms with E-state index in [4.69, 9.17) is 20.3 Å². The van der Waals surface area contributed by atoms with Crippen LogP contribution in [0.25, 0.3) is 0 Å². The molecule has 0 saturated heterocycles. The maximum Gasteiger partial charge on any atom is 0.175 e. The Morgan fingerprint density at radius 3 is 2.25 bits per heavy atom. The number of aliphatic hydroxyl groups excluding tert-OH is 1. The van der Waals surface area contributed by atoms with Crippen molar-refractivity contribution in [3.8, 4) is 0 Å². The molecule has 0 aliphatic heterocycles. The molecule has 0 fully saturated rings. The van der Waals surface area contributed by atoms with Crippen LogP contribution in [0.5, 0.6) is 0 Å². The van der Waals surface area contributed by atoms with Crippen LogP contribution in [-0.4, -0.2) is 50.3 Å². The summed E-state index contributed by atoms with van der Waals surface area (Å²) in [6.45, 7) is 4.60. The summed E-state index contributed by atoms with van der Waals surface area (Å²) in [7, 11) is 3.19. The SMILES string of the molecule is CCC(CCO)NC(C)(CN)C(OC)OC. The third-order valence-electron chi connectivity index (χ3n) is 2.88. The van der Waals surface area contributed by atoms with Gasteiger partial charge in [0.05, 0.1) is 5.54 Å². The van der Waals surface area contributed by atoms with Gasteiger partial charge in [0.25, 0.3) is 0 Å². The van der Waals surface area contributed by atoms with Gasteiger partial charge in [-0.2, -0.15) is 0 Å². The van der Waals surface area contributed by atoms with Crippen LogP contribution in [0.15, 0.2) is 0 Å². The van der Waals surface area contributed by atoms with E-state index in [1.54, 1.807) is 14.2 Å².